The van der Waals surface area contributed by atoms with Crippen molar-refractivity contribution in [2.24, 2.45) is 5.16 Å². The summed E-state index contributed by atoms with van der Waals surface area (Å²) in [5.74, 6) is -1.51. The van der Waals surface area contributed by atoms with Gasteiger partial charge in [0.15, 0.2) is 0 Å². The highest BCUT2D eigenvalue weighted by atomic mass is 35.5. The van der Waals surface area contributed by atoms with Crippen LogP contribution in [0.1, 0.15) is 31.8 Å². The zero-order valence-electron chi connectivity index (χ0n) is 17.0. The second-order valence-electron chi connectivity index (χ2n) is 7.17. The van der Waals surface area contributed by atoms with Gasteiger partial charge in [0, 0.05) is 23.2 Å². The molecule has 0 atom stereocenters. The first-order valence-electron chi connectivity index (χ1n) is 9.71. The summed E-state index contributed by atoms with van der Waals surface area (Å²) >= 11 is 6.18. The monoisotopic (exact) mass is 447 g/mol. The zero-order valence-corrected chi connectivity index (χ0v) is 17.8. The second-order valence-corrected chi connectivity index (χ2v) is 7.61. The first-order chi connectivity index (χ1) is 15.4. The van der Waals surface area contributed by atoms with E-state index >= 15 is 0 Å². The number of benzene rings is 3. The molecule has 3 amide bonds. The van der Waals surface area contributed by atoms with Crippen molar-refractivity contribution in [1.82, 2.24) is 4.90 Å². The van der Waals surface area contributed by atoms with Crippen LogP contribution in [0.3, 0.4) is 0 Å². The number of imide groups is 1. The van der Waals surface area contributed by atoms with Crippen LogP contribution >= 0.6 is 11.6 Å². The lowest BCUT2D eigenvalue weighted by Gasteiger charge is -2.23. The lowest BCUT2D eigenvalue weighted by molar-refractivity contribution is -0.118. The van der Waals surface area contributed by atoms with Gasteiger partial charge in [-0.15, -0.1) is 0 Å². The second kappa shape index (κ2) is 8.64. The molecular formula is C24H18ClN3O4. The molecule has 1 heterocycles. The Morgan fingerprint density at radius 1 is 0.969 bits per heavy atom. The minimum absolute atomic E-state index is 0.225. The summed E-state index contributed by atoms with van der Waals surface area (Å²) in [5, 5.41) is 13.5. The summed E-state index contributed by atoms with van der Waals surface area (Å²) in [5.41, 5.74) is 2.23. The number of fused-ring (bicyclic) bond motifs is 1. The lowest BCUT2D eigenvalue weighted by Crippen LogP contribution is -2.41. The molecule has 0 spiro atoms. The molecule has 1 aliphatic heterocycles. The van der Waals surface area contributed by atoms with Gasteiger partial charge < -0.3 is 10.1 Å². The fourth-order valence-electron chi connectivity index (χ4n) is 3.61. The molecule has 4 rings (SSSR count). The number of hydrogen-bond donors (Lipinski definition) is 1. The van der Waals surface area contributed by atoms with Crippen molar-refractivity contribution in [1.29, 1.82) is 0 Å². The normalized spacial score (nSPS) is 13.3. The molecule has 160 valence electrons. The van der Waals surface area contributed by atoms with Gasteiger partial charge >= 0.3 is 0 Å². The molecule has 8 heteroatoms. The van der Waals surface area contributed by atoms with Crippen molar-refractivity contribution in [3.63, 3.8) is 0 Å². The number of halogens is 1. The number of carbonyl (C=O) groups is 3. The average molecular weight is 448 g/mol. The van der Waals surface area contributed by atoms with Gasteiger partial charge in [-0.2, -0.15) is 0 Å². The van der Waals surface area contributed by atoms with E-state index in [1.807, 2.05) is 6.07 Å². The minimum atomic E-state index is -0.509. The van der Waals surface area contributed by atoms with E-state index in [0.717, 1.165) is 4.90 Å². The maximum absolute atomic E-state index is 13.1. The van der Waals surface area contributed by atoms with Crippen LogP contribution in [0.15, 0.2) is 78.0 Å². The van der Waals surface area contributed by atoms with Gasteiger partial charge in [0.2, 0.25) is 5.91 Å². The summed E-state index contributed by atoms with van der Waals surface area (Å²) < 4.78 is 0. The van der Waals surface area contributed by atoms with Crippen molar-refractivity contribution in [3.05, 3.63) is 100 Å². The van der Waals surface area contributed by atoms with Crippen molar-refractivity contribution in [2.75, 3.05) is 18.5 Å². The van der Waals surface area contributed by atoms with Crippen LogP contribution in [-0.4, -0.2) is 47.1 Å². The third-order valence-electron chi connectivity index (χ3n) is 5.27. The van der Waals surface area contributed by atoms with E-state index in [-0.39, 0.29) is 16.8 Å². The fraction of sp³-hybridized carbons (Fsp3) is 0.0833. The molecule has 7 nitrogen and oxygen atoms in total. The molecule has 0 saturated carbocycles. The highest BCUT2D eigenvalue weighted by molar-refractivity contribution is 6.31. The summed E-state index contributed by atoms with van der Waals surface area (Å²) in [6, 6.07) is 20.2. The molecule has 3 aromatic carbocycles. The number of rotatable bonds is 5. The number of hydrogen-bond acceptors (Lipinski definition) is 5. The molecule has 0 saturated heterocycles. The third-order valence-corrected chi connectivity index (χ3v) is 5.50. The smallest absolute Gasteiger partial charge is 0.262 e. The van der Waals surface area contributed by atoms with E-state index in [2.05, 4.69) is 5.16 Å². The van der Waals surface area contributed by atoms with E-state index in [1.54, 1.807) is 66.7 Å². The summed E-state index contributed by atoms with van der Waals surface area (Å²) in [6.07, 6.45) is 0. The van der Waals surface area contributed by atoms with Crippen molar-refractivity contribution < 1.29 is 19.6 Å². The van der Waals surface area contributed by atoms with E-state index in [0.29, 0.717) is 21.8 Å². The van der Waals surface area contributed by atoms with Crippen molar-refractivity contribution in [2.45, 2.75) is 0 Å². The molecule has 0 radical (unpaired) electrons. The summed E-state index contributed by atoms with van der Waals surface area (Å²) in [4.78, 5) is 40.5. The van der Waals surface area contributed by atoms with E-state index in [4.69, 9.17) is 11.6 Å². The summed E-state index contributed by atoms with van der Waals surface area (Å²) in [7, 11) is 1.52. The first kappa shape index (κ1) is 21.3. The number of oxime groups is 1. The average Bonchev–Trinajstić information content (AvgIpc) is 3.05. The number of anilines is 1. The Labute approximate surface area is 189 Å². The highest BCUT2D eigenvalue weighted by Gasteiger charge is 2.37. The number of nitrogens with zero attached hydrogens (tertiary/aromatic N) is 3. The quantitative estimate of drug-likeness (QED) is 0.278. The Kier molecular flexibility index (Phi) is 5.75. The SMILES string of the molecule is CN(C(=O)CN1C(=O)c2ccccc2C1=O)c1ccc(Cl)cc1/C(=N/O)c1ccccc1. The van der Waals surface area contributed by atoms with Crippen LogP contribution in [0, 0.1) is 0 Å². The first-order valence-corrected chi connectivity index (χ1v) is 10.1. The van der Waals surface area contributed by atoms with E-state index in [9.17, 15) is 19.6 Å². The largest absolute Gasteiger partial charge is 0.410 e. The number of likely N-dealkylation sites (N-methyl/N-ethyl adjacent to an activating group) is 1. The van der Waals surface area contributed by atoms with Gasteiger partial charge in [0.05, 0.1) is 16.8 Å². The summed E-state index contributed by atoms with van der Waals surface area (Å²) in [6.45, 7) is -0.429. The zero-order chi connectivity index (χ0) is 22.8. The molecule has 3 aromatic rings. The molecule has 1 aliphatic rings. The molecule has 32 heavy (non-hydrogen) atoms. The van der Waals surface area contributed by atoms with Gasteiger partial charge in [-0.25, -0.2) is 0 Å². The predicted octanol–water partition coefficient (Wildman–Crippen LogP) is 3.83. The van der Waals surface area contributed by atoms with Crippen LogP contribution in [0.4, 0.5) is 5.69 Å². The Morgan fingerprint density at radius 2 is 1.56 bits per heavy atom. The Morgan fingerprint density at radius 3 is 2.16 bits per heavy atom. The third kappa shape index (κ3) is 3.74. The predicted molar refractivity (Wildman–Crippen MR) is 121 cm³/mol. The lowest BCUT2D eigenvalue weighted by atomic mass is 10.00. The van der Waals surface area contributed by atoms with Gasteiger partial charge in [0.1, 0.15) is 12.3 Å². The molecule has 1 N–H and O–H groups in total. The topological polar surface area (TPSA) is 90.3 Å². The van der Waals surface area contributed by atoms with Gasteiger partial charge in [-0.3, -0.25) is 19.3 Å². The fourth-order valence-corrected chi connectivity index (χ4v) is 3.78. The van der Waals surface area contributed by atoms with E-state index < -0.39 is 24.3 Å². The van der Waals surface area contributed by atoms with Crippen LogP contribution in [0.5, 0.6) is 0 Å². The number of carbonyl (C=O) groups excluding carboxylic acids is 3. The molecular weight excluding hydrogens is 430 g/mol. The molecule has 0 bridgehead atoms. The van der Waals surface area contributed by atoms with Crippen LogP contribution in [0.25, 0.3) is 0 Å². The van der Waals surface area contributed by atoms with Gasteiger partial charge in [0.25, 0.3) is 11.8 Å². The van der Waals surface area contributed by atoms with Crippen LogP contribution in [0.2, 0.25) is 5.02 Å². The maximum atomic E-state index is 13.1. The highest BCUT2D eigenvalue weighted by Crippen LogP contribution is 2.28. The molecule has 0 fully saturated rings. The van der Waals surface area contributed by atoms with Gasteiger partial charge in [-0.05, 0) is 30.3 Å². The number of amides is 3. The van der Waals surface area contributed by atoms with Crippen LogP contribution in [-0.2, 0) is 4.79 Å². The molecule has 0 unspecified atom stereocenters. The Balaban J connectivity index is 1.64. The van der Waals surface area contributed by atoms with E-state index in [1.165, 1.54) is 11.9 Å². The van der Waals surface area contributed by atoms with Crippen molar-refractivity contribution >= 4 is 40.7 Å². The van der Waals surface area contributed by atoms with Crippen molar-refractivity contribution in [3.8, 4) is 0 Å². The maximum Gasteiger partial charge on any atom is 0.262 e. The Hall–Kier alpha value is -3.97. The van der Waals surface area contributed by atoms with Gasteiger partial charge in [-0.1, -0.05) is 59.2 Å². The Bertz CT molecular complexity index is 1220. The van der Waals surface area contributed by atoms with Crippen LogP contribution < -0.4 is 4.90 Å². The molecule has 0 aliphatic carbocycles. The molecule has 0 aromatic heterocycles. The minimum Gasteiger partial charge on any atom is -0.410 e. The standard InChI is InChI=1S/C24H18ClN3O4/c1-27(21(29)14-28-23(30)17-9-5-6-10-18(17)24(28)31)20-12-11-16(25)13-19(20)22(26-32)15-7-3-2-4-8-15/h2-13,32H,14H2,1H3/b26-22+.